The molecule has 2 heterocycles. The zero-order chi connectivity index (χ0) is 14.8. The molecule has 1 saturated heterocycles. The first-order chi connectivity index (χ1) is 9.40. The molecule has 1 aromatic heterocycles. The molecular weight excluding hydrogens is 248 g/mol. The van der Waals surface area contributed by atoms with Crippen LogP contribution in [0.25, 0.3) is 0 Å². The van der Waals surface area contributed by atoms with E-state index in [0.717, 1.165) is 19.0 Å². The Morgan fingerprint density at radius 2 is 1.95 bits per heavy atom. The lowest BCUT2D eigenvalue weighted by atomic mass is 9.89. The predicted octanol–water partition coefficient (Wildman–Crippen LogP) is 2.15. The molecule has 0 aromatic carbocycles. The summed E-state index contributed by atoms with van der Waals surface area (Å²) in [5, 5.41) is 7.97. The van der Waals surface area contributed by atoms with Crippen molar-refractivity contribution in [2.75, 3.05) is 26.7 Å². The van der Waals surface area contributed by atoms with Gasteiger partial charge in [-0.2, -0.15) is 5.10 Å². The monoisotopic (exact) mass is 278 g/mol. The molecule has 0 atom stereocenters. The highest BCUT2D eigenvalue weighted by Gasteiger charge is 2.25. The summed E-state index contributed by atoms with van der Waals surface area (Å²) in [6.07, 6.45) is 4.82. The molecule has 1 aliphatic heterocycles. The maximum atomic E-state index is 4.67. The van der Waals surface area contributed by atoms with Gasteiger partial charge in [0.2, 0.25) is 0 Å². The molecule has 20 heavy (non-hydrogen) atoms. The van der Waals surface area contributed by atoms with E-state index in [1.807, 2.05) is 11.7 Å². The van der Waals surface area contributed by atoms with Crippen molar-refractivity contribution < 1.29 is 0 Å². The van der Waals surface area contributed by atoms with E-state index in [1.54, 1.807) is 0 Å². The second-order valence-corrected chi connectivity index (χ2v) is 7.20. The predicted molar refractivity (Wildman–Crippen MR) is 83.8 cm³/mol. The van der Waals surface area contributed by atoms with Crippen LogP contribution >= 0.6 is 0 Å². The van der Waals surface area contributed by atoms with Gasteiger partial charge in [0, 0.05) is 30.8 Å². The minimum absolute atomic E-state index is 0.126. The van der Waals surface area contributed by atoms with Crippen LogP contribution in [0.4, 0.5) is 0 Å². The standard InChI is InChI=1S/C16H30N4/c1-16(2,3)15-14(11-19(5)18-15)12-20-8-6-13(7-9-20)10-17-4/h11,13,17H,6-10,12H2,1-5H3. The minimum atomic E-state index is 0.126. The summed E-state index contributed by atoms with van der Waals surface area (Å²) < 4.78 is 1.96. The van der Waals surface area contributed by atoms with Crippen LogP contribution in [0, 0.1) is 5.92 Å². The van der Waals surface area contributed by atoms with Gasteiger partial charge < -0.3 is 5.32 Å². The third-order valence-corrected chi connectivity index (χ3v) is 4.21. The van der Waals surface area contributed by atoms with Crippen LogP contribution in [0.2, 0.25) is 0 Å². The van der Waals surface area contributed by atoms with Gasteiger partial charge >= 0.3 is 0 Å². The van der Waals surface area contributed by atoms with Crippen molar-refractivity contribution in [2.45, 2.75) is 45.6 Å². The van der Waals surface area contributed by atoms with Gasteiger partial charge in [-0.15, -0.1) is 0 Å². The Kier molecular flexibility index (Phi) is 4.86. The van der Waals surface area contributed by atoms with Gasteiger partial charge in [-0.1, -0.05) is 20.8 Å². The Labute approximate surface area is 123 Å². The molecular formula is C16H30N4. The molecule has 1 N–H and O–H groups in total. The van der Waals surface area contributed by atoms with Gasteiger partial charge in [0.05, 0.1) is 5.69 Å². The van der Waals surface area contributed by atoms with Crippen LogP contribution in [-0.2, 0) is 19.0 Å². The molecule has 0 unspecified atom stereocenters. The first-order valence-corrected chi connectivity index (χ1v) is 7.80. The van der Waals surface area contributed by atoms with Crippen LogP contribution in [0.15, 0.2) is 6.20 Å². The van der Waals surface area contributed by atoms with E-state index in [1.165, 1.54) is 37.2 Å². The van der Waals surface area contributed by atoms with Gasteiger partial charge in [0.15, 0.2) is 0 Å². The molecule has 0 radical (unpaired) electrons. The number of nitrogens with one attached hydrogen (secondary N) is 1. The number of piperidine rings is 1. The second-order valence-electron chi connectivity index (χ2n) is 7.20. The normalized spacial score (nSPS) is 18.6. The molecule has 0 amide bonds. The van der Waals surface area contributed by atoms with E-state index in [-0.39, 0.29) is 5.41 Å². The van der Waals surface area contributed by atoms with Crippen LogP contribution in [0.5, 0.6) is 0 Å². The SMILES string of the molecule is CNCC1CCN(Cc2cn(C)nc2C(C)(C)C)CC1. The number of nitrogens with zero attached hydrogens (tertiary/aromatic N) is 3. The Morgan fingerprint density at radius 1 is 1.30 bits per heavy atom. The summed E-state index contributed by atoms with van der Waals surface area (Å²) in [5.74, 6) is 0.854. The molecule has 1 aliphatic rings. The van der Waals surface area contributed by atoms with Crippen LogP contribution in [-0.4, -0.2) is 41.4 Å². The van der Waals surface area contributed by atoms with Gasteiger partial charge in [0.1, 0.15) is 0 Å². The van der Waals surface area contributed by atoms with Crippen LogP contribution < -0.4 is 5.32 Å². The van der Waals surface area contributed by atoms with Gasteiger partial charge in [-0.3, -0.25) is 9.58 Å². The summed E-state index contributed by atoms with van der Waals surface area (Å²) in [5.41, 5.74) is 2.77. The second kappa shape index (κ2) is 6.27. The summed E-state index contributed by atoms with van der Waals surface area (Å²) in [7, 11) is 4.08. The summed E-state index contributed by atoms with van der Waals surface area (Å²) >= 11 is 0. The van der Waals surface area contributed by atoms with E-state index in [0.29, 0.717) is 0 Å². The van der Waals surface area contributed by atoms with Crippen molar-refractivity contribution in [3.05, 3.63) is 17.5 Å². The van der Waals surface area contributed by atoms with Gasteiger partial charge in [-0.25, -0.2) is 0 Å². The Balaban J connectivity index is 1.98. The molecule has 1 aromatic rings. The first-order valence-electron chi connectivity index (χ1n) is 7.80. The maximum Gasteiger partial charge on any atom is 0.0722 e. The molecule has 0 bridgehead atoms. The minimum Gasteiger partial charge on any atom is -0.319 e. The third kappa shape index (κ3) is 3.83. The number of hydrogen-bond donors (Lipinski definition) is 1. The van der Waals surface area contributed by atoms with Gasteiger partial charge in [0.25, 0.3) is 0 Å². The van der Waals surface area contributed by atoms with Crippen molar-refractivity contribution in [3.63, 3.8) is 0 Å². The van der Waals surface area contributed by atoms with E-state index >= 15 is 0 Å². The molecule has 0 saturated carbocycles. The highest BCUT2D eigenvalue weighted by atomic mass is 15.3. The number of aryl methyl sites for hydroxylation is 1. The molecule has 0 spiro atoms. The fraction of sp³-hybridized carbons (Fsp3) is 0.812. The summed E-state index contributed by atoms with van der Waals surface area (Å²) in [6.45, 7) is 11.4. The molecule has 0 aliphatic carbocycles. The first kappa shape index (κ1) is 15.5. The Morgan fingerprint density at radius 3 is 2.50 bits per heavy atom. The van der Waals surface area contributed by atoms with E-state index in [2.05, 4.69) is 49.3 Å². The molecule has 4 heteroatoms. The number of hydrogen-bond acceptors (Lipinski definition) is 3. The van der Waals surface area contributed by atoms with Crippen molar-refractivity contribution in [3.8, 4) is 0 Å². The smallest absolute Gasteiger partial charge is 0.0722 e. The molecule has 114 valence electrons. The molecule has 2 rings (SSSR count). The van der Waals surface area contributed by atoms with Crippen molar-refractivity contribution in [2.24, 2.45) is 13.0 Å². The van der Waals surface area contributed by atoms with Crippen LogP contribution in [0.3, 0.4) is 0 Å². The fourth-order valence-corrected chi connectivity index (χ4v) is 3.16. The third-order valence-electron chi connectivity index (χ3n) is 4.21. The van der Waals surface area contributed by atoms with E-state index in [9.17, 15) is 0 Å². The highest BCUT2D eigenvalue weighted by molar-refractivity contribution is 5.24. The lowest BCUT2D eigenvalue weighted by Crippen LogP contribution is -2.36. The van der Waals surface area contributed by atoms with E-state index in [4.69, 9.17) is 0 Å². The number of likely N-dealkylation sites (tertiary alicyclic amines) is 1. The quantitative estimate of drug-likeness (QED) is 0.916. The lowest BCUT2D eigenvalue weighted by Gasteiger charge is -2.32. The fourth-order valence-electron chi connectivity index (χ4n) is 3.16. The van der Waals surface area contributed by atoms with E-state index < -0.39 is 0 Å². The Bertz CT molecular complexity index is 422. The van der Waals surface area contributed by atoms with Crippen molar-refractivity contribution in [1.82, 2.24) is 20.0 Å². The zero-order valence-corrected chi connectivity index (χ0v) is 13.7. The largest absolute Gasteiger partial charge is 0.319 e. The number of aromatic nitrogens is 2. The average molecular weight is 278 g/mol. The molecule has 4 nitrogen and oxygen atoms in total. The topological polar surface area (TPSA) is 33.1 Å². The van der Waals surface area contributed by atoms with Crippen molar-refractivity contribution in [1.29, 1.82) is 0 Å². The Hall–Kier alpha value is -0.870. The van der Waals surface area contributed by atoms with Gasteiger partial charge in [-0.05, 0) is 45.4 Å². The highest BCUT2D eigenvalue weighted by Crippen LogP contribution is 2.26. The average Bonchev–Trinajstić information content (AvgIpc) is 2.73. The van der Waals surface area contributed by atoms with Crippen LogP contribution in [0.1, 0.15) is 44.9 Å². The zero-order valence-electron chi connectivity index (χ0n) is 13.7. The molecule has 1 fully saturated rings. The number of rotatable bonds is 4. The summed E-state index contributed by atoms with van der Waals surface area (Å²) in [4.78, 5) is 2.58. The lowest BCUT2D eigenvalue weighted by molar-refractivity contribution is 0.176. The van der Waals surface area contributed by atoms with Crippen molar-refractivity contribution >= 4 is 0 Å². The summed E-state index contributed by atoms with van der Waals surface area (Å²) in [6, 6.07) is 0. The maximum absolute atomic E-state index is 4.67.